The second kappa shape index (κ2) is 5.31. The number of allylic oxidation sites excluding steroid dienone is 1. The minimum Gasteiger partial charge on any atom is -0.258 e. The van der Waals surface area contributed by atoms with Crippen molar-refractivity contribution in [3.05, 3.63) is 45.5 Å². The first-order valence-corrected chi connectivity index (χ1v) is 4.75. The molecule has 18 heavy (non-hydrogen) atoms. The summed E-state index contributed by atoms with van der Waals surface area (Å²) in [6, 6.07) is 4.06. The van der Waals surface area contributed by atoms with Gasteiger partial charge in [-0.15, -0.1) is 0 Å². The van der Waals surface area contributed by atoms with Crippen LogP contribution in [0, 0.1) is 21.4 Å². The SMILES string of the molecule is N#CCC=Cc1cc([N+](=O)[O-])cc(C(F)(F)F)c1. The summed E-state index contributed by atoms with van der Waals surface area (Å²) < 4.78 is 37.5. The molecule has 94 valence electrons. The van der Waals surface area contributed by atoms with E-state index in [1.54, 1.807) is 6.07 Å². The van der Waals surface area contributed by atoms with E-state index in [2.05, 4.69) is 0 Å². The summed E-state index contributed by atoms with van der Waals surface area (Å²) in [5.74, 6) is 0. The van der Waals surface area contributed by atoms with Crippen molar-refractivity contribution in [2.45, 2.75) is 12.6 Å². The molecule has 0 aliphatic rings. The van der Waals surface area contributed by atoms with Gasteiger partial charge in [-0.2, -0.15) is 18.4 Å². The predicted octanol–water partition coefficient (Wildman–Crippen LogP) is 3.54. The Kier molecular flexibility index (Phi) is 4.05. The topological polar surface area (TPSA) is 66.9 Å². The Morgan fingerprint density at radius 2 is 2.06 bits per heavy atom. The van der Waals surface area contributed by atoms with Gasteiger partial charge in [0, 0.05) is 12.1 Å². The molecule has 0 radical (unpaired) electrons. The van der Waals surface area contributed by atoms with Crippen LogP contribution in [0.2, 0.25) is 0 Å². The maximum Gasteiger partial charge on any atom is 0.416 e. The number of alkyl halides is 3. The van der Waals surface area contributed by atoms with Crippen molar-refractivity contribution in [3.63, 3.8) is 0 Å². The Hall–Kier alpha value is -2.36. The highest BCUT2D eigenvalue weighted by Crippen LogP contribution is 2.32. The van der Waals surface area contributed by atoms with Gasteiger partial charge in [0.05, 0.1) is 23.0 Å². The van der Waals surface area contributed by atoms with Gasteiger partial charge in [-0.1, -0.05) is 12.2 Å². The van der Waals surface area contributed by atoms with E-state index in [0.29, 0.717) is 6.07 Å². The zero-order chi connectivity index (χ0) is 13.8. The van der Waals surface area contributed by atoms with Crippen LogP contribution in [0.15, 0.2) is 24.3 Å². The lowest BCUT2D eigenvalue weighted by atomic mass is 10.1. The van der Waals surface area contributed by atoms with Crippen molar-refractivity contribution >= 4 is 11.8 Å². The Morgan fingerprint density at radius 3 is 2.56 bits per heavy atom. The highest BCUT2D eigenvalue weighted by atomic mass is 19.4. The normalized spacial score (nSPS) is 11.4. The van der Waals surface area contributed by atoms with Crippen LogP contribution in [-0.2, 0) is 6.18 Å². The summed E-state index contributed by atoms with van der Waals surface area (Å²) >= 11 is 0. The molecule has 0 aromatic heterocycles. The van der Waals surface area contributed by atoms with E-state index in [0.717, 1.165) is 12.1 Å². The van der Waals surface area contributed by atoms with Gasteiger partial charge in [0.25, 0.3) is 5.69 Å². The molecule has 1 rings (SSSR count). The van der Waals surface area contributed by atoms with Crippen molar-refractivity contribution in [2.75, 3.05) is 0 Å². The molecule has 0 aliphatic carbocycles. The molecule has 0 aliphatic heterocycles. The lowest BCUT2D eigenvalue weighted by molar-refractivity contribution is -0.385. The minimum atomic E-state index is -4.65. The number of nitrogens with zero attached hydrogens (tertiary/aromatic N) is 2. The zero-order valence-electron chi connectivity index (χ0n) is 8.94. The fourth-order valence-electron chi connectivity index (χ4n) is 1.25. The summed E-state index contributed by atoms with van der Waals surface area (Å²) in [5, 5.41) is 18.8. The van der Waals surface area contributed by atoms with E-state index in [1.165, 1.54) is 12.2 Å². The number of rotatable bonds is 3. The third-order valence-electron chi connectivity index (χ3n) is 2.00. The van der Waals surface area contributed by atoms with E-state index in [-0.39, 0.29) is 12.0 Å². The number of halogens is 3. The van der Waals surface area contributed by atoms with Crippen LogP contribution in [0.1, 0.15) is 17.5 Å². The molecule has 1 aromatic rings. The van der Waals surface area contributed by atoms with Gasteiger partial charge in [-0.3, -0.25) is 10.1 Å². The van der Waals surface area contributed by atoms with Crippen LogP contribution in [0.5, 0.6) is 0 Å². The average molecular weight is 256 g/mol. The molecule has 0 amide bonds. The third-order valence-corrected chi connectivity index (χ3v) is 2.00. The molecule has 4 nitrogen and oxygen atoms in total. The zero-order valence-corrected chi connectivity index (χ0v) is 8.94. The lowest BCUT2D eigenvalue weighted by Gasteiger charge is -2.07. The monoisotopic (exact) mass is 256 g/mol. The Bertz CT molecular complexity index is 530. The van der Waals surface area contributed by atoms with Gasteiger partial charge in [0.1, 0.15) is 0 Å². The number of nitro groups is 1. The van der Waals surface area contributed by atoms with E-state index in [9.17, 15) is 23.3 Å². The maximum atomic E-state index is 12.5. The standard InChI is InChI=1S/C11H7F3N2O2/c12-11(13,14)9-5-8(3-1-2-4-15)6-10(7-9)16(17)18/h1,3,5-7H,2H2. The molecule has 7 heteroatoms. The van der Waals surface area contributed by atoms with Crippen molar-refractivity contribution in [2.24, 2.45) is 0 Å². The van der Waals surface area contributed by atoms with Crippen LogP contribution < -0.4 is 0 Å². The van der Waals surface area contributed by atoms with Gasteiger partial charge in [-0.05, 0) is 11.6 Å². The highest BCUT2D eigenvalue weighted by Gasteiger charge is 2.32. The smallest absolute Gasteiger partial charge is 0.258 e. The van der Waals surface area contributed by atoms with Crippen molar-refractivity contribution < 1.29 is 18.1 Å². The van der Waals surface area contributed by atoms with Crippen LogP contribution in [-0.4, -0.2) is 4.92 Å². The van der Waals surface area contributed by atoms with Gasteiger partial charge >= 0.3 is 6.18 Å². The summed E-state index contributed by atoms with van der Waals surface area (Å²) in [5.41, 5.74) is -1.69. The number of hydrogen-bond donors (Lipinski definition) is 0. The highest BCUT2D eigenvalue weighted by molar-refractivity contribution is 5.56. The first-order chi connectivity index (χ1) is 8.34. The molecule has 0 fully saturated rings. The number of benzene rings is 1. The van der Waals surface area contributed by atoms with Crippen molar-refractivity contribution in [3.8, 4) is 6.07 Å². The van der Waals surface area contributed by atoms with Gasteiger partial charge < -0.3 is 0 Å². The van der Waals surface area contributed by atoms with E-state index < -0.39 is 22.4 Å². The van der Waals surface area contributed by atoms with E-state index in [1.807, 2.05) is 0 Å². The number of non-ortho nitro benzene ring substituents is 1. The van der Waals surface area contributed by atoms with Gasteiger partial charge in [-0.25, -0.2) is 0 Å². The summed E-state index contributed by atoms with van der Waals surface area (Å²) in [7, 11) is 0. The molecule has 1 aromatic carbocycles. The fraction of sp³-hybridized carbons (Fsp3) is 0.182. The molecule has 0 unspecified atom stereocenters. The first kappa shape index (κ1) is 13.7. The molecule has 0 saturated heterocycles. The fourth-order valence-corrected chi connectivity index (χ4v) is 1.25. The summed E-state index contributed by atoms with van der Waals surface area (Å²) in [6.45, 7) is 0. The predicted molar refractivity (Wildman–Crippen MR) is 57.4 cm³/mol. The number of nitriles is 1. The second-order valence-electron chi connectivity index (χ2n) is 3.33. The van der Waals surface area contributed by atoms with E-state index >= 15 is 0 Å². The molecular formula is C11H7F3N2O2. The minimum absolute atomic E-state index is 0.0179. The van der Waals surface area contributed by atoms with Crippen LogP contribution in [0.4, 0.5) is 18.9 Å². The Labute approximate surface area is 100 Å². The number of hydrogen-bond acceptors (Lipinski definition) is 3. The van der Waals surface area contributed by atoms with Gasteiger partial charge in [0.15, 0.2) is 0 Å². The van der Waals surface area contributed by atoms with Gasteiger partial charge in [0.2, 0.25) is 0 Å². The molecular weight excluding hydrogens is 249 g/mol. The molecule has 0 bridgehead atoms. The quantitative estimate of drug-likeness (QED) is 0.613. The van der Waals surface area contributed by atoms with Crippen LogP contribution in [0.25, 0.3) is 6.08 Å². The largest absolute Gasteiger partial charge is 0.416 e. The molecule has 0 saturated carbocycles. The van der Waals surface area contributed by atoms with Crippen molar-refractivity contribution in [1.82, 2.24) is 0 Å². The molecule has 0 atom stereocenters. The molecule has 0 N–H and O–H groups in total. The molecule has 0 spiro atoms. The maximum absolute atomic E-state index is 12.5. The first-order valence-electron chi connectivity index (χ1n) is 4.75. The van der Waals surface area contributed by atoms with Crippen LogP contribution in [0.3, 0.4) is 0 Å². The number of nitro benzene ring substituents is 1. The van der Waals surface area contributed by atoms with E-state index in [4.69, 9.17) is 5.26 Å². The Balaban J connectivity index is 3.23. The van der Waals surface area contributed by atoms with Crippen molar-refractivity contribution in [1.29, 1.82) is 5.26 Å². The lowest BCUT2D eigenvalue weighted by Crippen LogP contribution is -2.06. The van der Waals surface area contributed by atoms with Crippen LogP contribution >= 0.6 is 0 Å². The third kappa shape index (κ3) is 3.59. The second-order valence-corrected chi connectivity index (χ2v) is 3.33. The Morgan fingerprint density at radius 1 is 1.39 bits per heavy atom. The average Bonchev–Trinajstić information content (AvgIpc) is 2.28. The summed E-state index contributed by atoms with van der Waals surface area (Å²) in [4.78, 5) is 9.63. The molecule has 0 heterocycles. The summed E-state index contributed by atoms with van der Waals surface area (Å²) in [6.07, 6.45) is -2.06.